The second kappa shape index (κ2) is 8.40. The number of rotatable bonds is 4. The molecule has 1 aliphatic rings. The summed E-state index contributed by atoms with van der Waals surface area (Å²) in [6, 6.07) is 12.7. The predicted molar refractivity (Wildman–Crippen MR) is 107 cm³/mol. The normalized spacial score (nSPS) is 14.1. The van der Waals surface area contributed by atoms with Crippen molar-refractivity contribution in [3.05, 3.63) is 71.3 Å². The molecular weight excluding hydrogens is 392 g/mol. The van der Waals surface area contributed by atoms with Gasteiger partial charge in [0.1, 0.15) is 0 Å². The molecule has 0 bridgehead atoms. The molecular formula is C20H19ClN6O2. The van der Waals surface area contributed by atoms with Crippen LogP contribution in [0.2, 0.25) is 5.02 Å². The second-order valence-electron chi connectivity index (χ2n) is 6.67. The maximum Gasteiger partial charge on any atom is 0.276 e. The van der Waals surface area contributed by atoms with Gasteiger partial charge in [-0.2, -0.15) is 0 Å². The molecule has 0 unspecified atom stereocenters. The Labute approximate surface area is 172 Å². The molecule has 0 spiro atoms. The lowest BCUT2D eigenvalue weighted by atomic mass is 10.2. The Morgan fingerprint density at radius 3 is 2.41 bits per heavy atom. The van der Waals surface area contributed by atoms with E-state index in [1.807, 2.05) is 30.3 Å². The average molecular weight is 411 g/mol. The van der Waals surface area contributed by atoms with Crippen molar-refractivity contribution in [3.8, 4) is 5.69 Å². The van der Waals surface area contributed by atoms with Crippen molar-refractivity contribution in [1.29, 1.82) is 0 Å². The fraction of sp³-hybridized carbons (Fsp3) is 0.250. The number of hydrogen-bond acceptors (Lipinski definition) is 5. The number of pyridine rings is 1. The summed E-state index contributed by atoms with van der Waals surface area (Å²) in [6.07, 6.45) is 3.51. The summed E-state index contributed by atoms with van der Waals surface area (Å²) in [5, 5.41) is 8.53. The van der Waals surface area contributed by atoms with Crippen molar-refractivity contribution in [2.24, 2.45) is 0 Å². The SMILES string of the molecule is O=C(Cc1ccccn1)N1CCN(C(=O)c2cn(-c3ccccc3Cl)nn2)CC1. The third kappa shape index (κ3) is 4.27. The Bertz CT molecular complexity index is 1010. The minimum Gasteiger partial charge on any atom is -0.339 e. The van der Waals surface area contributed by atoms with Crippen molar-refractivity contribution < 1.29 is 9.59 Å². The molecule has 9 heteroatoms. The van der Waals surface area contributed by atoms with Crippen LogP contribution in [0.1, 0.15) is 16.2 Å². The van der Waals surface area contributed by atoms with Gasteiger partial charge in [0.05, 0.1) is 23.3 Å². The van der Waals surface area contributed by atoms with Crippen LogP contribution in [0.15, 0.2) is 54.9 Å². The highest BCUT2D eigenvalue weighted by Crippen LogP contribution is 2.19. The van der Waals surface area contributed by atoms with Gasteiger partial charge in [0.2, 0.25) is 5.91 Å². The summed E-state index contributed by atoms with van der Waals surface area (Å²) in [7, 11) is 0. The van der Waals surface area contributed by atoms with Crippen LogP contribution < -0.4 is 0 Å². The molecule has 0 atom stereocenters. The fourth-order valence-electron chi connectivity index (χ4n) is 3.21. The summed E-state index contributed by atoms with van der Waals surface area (Å²) in [5.74, 6) is -0.194. The number of nitrogens with zero attached hydrogens (tertiary/aromatic N) is 6. The van der Waals surface area contributed by atoms with E-state index in [1.54, 1.807) is 34.3 Å². The van der Waals surface area contributed by atoms with Crippen LogP contribution >= 0.6 is 11.6 Å². The molecule has 2 aromatic heterocycles. The Morgan fingerprint density at radius 1 is 0.966 bits per heavy atom. The number of benzene rings is 1. The Morgan fingerprint density at radius 2 is 1.69 bits per heavy atom. The number of para-hydroxylation sites is 1. The van der Waals surface area contributed by atoms with Crippen molar-refractivity contribution >= 4 is 23.4 Å². The molecule has 2 amide bonds. The van der Waals surface area contributed by atoms with E-state index in [1.165, 1.54) is 4.68 Å². The van der Waals surface area contributed by atoms with E-state index in [0.29, 0.717) is 36.9 Å². The Hall–Kier alpha value is -3.26. The van der Waals surface area contributed by atoms with E-state index in [4.69, 9.17) is 11.6 Å². The maximum atomic E-state index is 12.8. The lowest BCUT2D eigenvalue weighted by Crippen LogP contribution is -2.51. The van der Waals surface area contributed by atoms with Gasteiger partial charge in [0.25, 0.3) is 5.91 Å². The molecule has 3 heterocycles. The quantitative estimate of drug-likeness (QED) is 0.655. The van der Waals surface area contributed by atoms with Crippen LogP contribution in [0.25, 0.3) is 5.69 Å². The molecule has 148 valence electrons. The van der Waals surface area contributed by atoms with Crippen LogP contribution in [-0.4, -0.2) is 67.8 Å². The molecule has 0 radical (unpaired) electrons. The maximum absolute atomic E-state index is 12.8. The number of halogens is 1. The van der Waals surface area contributed by atoms with Gasteiger partial charge >= 0.3 is 0 Å². The topological polar surface area (TPSA) is 84.2 Å². The van der Waals surface area contributed by atoms with Crippen molar-refractivity contribution in [2.75, 3.05) is 26.2 Å². The molecule has 0 saturated carbocycles. The van der Waals surface area contributed by atoms with Gasteiger partial charge in [-0.15, -0.1) is 5.10 Å². The molecule has 3 aromatic rings. The summed E-state index contributed by atoms with van der Waals surface area (Å²) in [6.45, 7) is 1.86. The molecule has 8 nitrogen and oxygen atoms in total. The molecule has 4 rings (SSSR count). The minimum atomic E-state index is -0.208. The van der Waals surface area contributed by atoms with Crippen LogP contribution in [0.4, 0.5) is 0 Å². The summed E-state index contributed by atoms with van der Waals surface area (Å²) < 4.78 is 1.49. The highest BCUT2D eigenvalue weighted by Gasteiger charge is 2.26. The van der Waals surface area contributed by atoms with Gasteiger partial charge in [-0.05, 0) is 24.3 Å². The second-order valence-corrected chi connectivity index (χ2v) is 7.08. The zero-order valence-corrected chi connectivity index (χ0v) is 16.4. The number of aromatic nitrogens is 4. The van der Waals surface area contributed by atoms with Gasteiger partial charge in [0, 0.05) is 38.1 Å². The first-order chi connectivity index (χ1) is 14.1. The van der Waals surface area contributed by atoms with Crippen LogP contribution in [0.5, 0.6) is 0 Å². The number of piperazine rings is 1. The van der Waals surface area contributed by atoms with Gasteiger partial charge in [-0.25, -0.2) is 4.68 Å². The van der Waals surface area contributed by atoms with Crippen molar-refractivity contribution in [3.63, 3.8) is 0 Å². The van der Waals surface area contributed by atoms with Gasteiger partial charge in [-0.3, -0.25) is 14.6 Å². The largest absolute Gasteiger partial charge is 0.339 e. The molecule has 0 N–H and O–H groups in total. The van der Waals surface area contributed by atoms with E-state index >= 15 is 0 Å². The number of hydrogen-bond donors (Lipinski definition) is 0. The lowest BCUT2D eigenvalue weighted by molar-refractivity contribution is -0.132. The summed E-state index contributed by atoms with van der Waals surface area (Å²) >= 11 is 6.17. The van der Waals surface area contributed by atoms with Gasteiger partial charge < -0.3 is 9.80 Å². The fourth-order valence-corrected chi connectivity index (χ4v) is 3.43. The number of amides is 2. The van der Waals surface area contributed by atoms with Crippen LogP contribution in [-0.2, 0) is 11.2 Å². The van der Waals surface area contributed by atoms with Crippen LogP contribution in [0, 0.1) is 0 Å². The molecule has 1 aliphatic heterocycles. The molecule has 1 saturated heterocycles. The van der Waals surface area contributed by atoms with Crippen molar-refractivity contribution in [2.45, 2.75) is 6.42 Å². The standard InChI is InChI=1S/C20H19ClN6O2/c21-16-6-1-2-7-18(16)27-14-17(23-24-27)20(29)26-11-9-25(10-12-26)19(28)13-15-5-3-4-8-22-15/h1-8,14H,9-13H2. The lowest BCUT2D eigenvalue weighted by Gasteiger charge is -2.34. The van der Waals surface area contributed by atoms with E-state index in [9.17, 15) is 9.59 Å². The first-order valence-electron chi connectivity index (χ1n) is 9.26. The summed E-state index contributed by atoms with van der Waals surface area (Å²) in [5.41, 5.74) is 1.65. The Kier molecular flexibility index (Phi) is 5.53. The molecule has 0 aliphatic carbocycles. The van der Waals surface area contributed by atoms with Gasteiger partial charge in [0.15, 0.2) is 5.69 Å². The number of carbonyl (C=O) groups excluding carboxylic acids is 2. The molecule has 29 heavy (non-hydrogen) atoms. The first-order valence-corrected chi connectivity index (χ1v) is 9.64. The molecule has 1 fully saturated rings. The van der Waals surface area contributed by atoms with Crippen molar-refractivity contribution in [1.82, 2.24) is 29.8 Å². The zero-order valence-electron chi connectivity index (χ0n) is 15.6. The number of carbonyl (C=O) groups is 2. The zero-order chi connectivity index (χ0) is 20.2. The highest BCUT2D eigenvalue weighted by molar-refractivity contribution is 6.32. The summed E-state index contributed by atoms with van der Waals surface area (Å²) in [4.78, 5) is 32.9. The Balaban J connectivity index is 1.36. The predicted octanol–water partition coefficient (Wildman–Crippen LogP) is 1.84. The smallest absolute Gasteiger partial charge is 0.276 e. The van der Waals surface area contributed by atoms with E-state index in [0.717, 1.165) is 5.69 Å². The van der Waals surface area contributed by atoms with Crippen LogP contribution in [0.3, 0.4) is 0 Å². The highest BCUT2D eigenvalue weighted by atomic mass is 35.5. The van der Waals surface area contributed by atoms with E-state index < -0.39 is 0 Å². The monoisotopic (exact) mass is 410 g/mol. The van der Waals surface area contributed by atoms with E-state index in [2.05, 4.69) is 15.3 Å². The average Bonchev–Trinajstić information content (AvgIpc) is 3.24. The third-order valence-corrected chi connectivity index (χ3v) is 5.11. The third-order valence-electron chi connectivity index (χ3n) is 4.79. The molecule has 1 aromatic carbocycles. The minimum absolute atomic E-state index is 0.0143. The first kappa shape index (κ1) is 19.1. The van der Waals surface area contributed by atoms with E-state index in [-0.39, 0.29) is 23.9 Å². The van der Waals surface area contributed by atoms with Gasteiger partial charge in [-0.1, -0.05) is 35.0 Å².